The normalized spacial score (nSPS) is 20.6. The predicted octanol–water partition coefficient (Wildman–Crippen LogP) is 3.91. The molecule has 1 aromatic heterocycles. The SMILES string of the molecule is COc1ccc(C2c3[nH]c4ccccc4c3C[C@@H]3C(=O)N(CCC(C)C)CC(=O)N23)cc1. The van der Waals surface area contributed by atoms with E-state index in [2.05, 4.69) is 31.0 Å². The van der Waals surface area contributed by atoms with Crippen molar-refractivity contribution in [1.82, 2.24) is 14.8 Å². The molecular formula is C26H29N3O3. The Hall–Kier alpha value is -3.28. The molecule has 166 valence electrons. The van der Waals surface area contributed by atoms with E-state index in [1.165, 1.54) is 0 Å². The van der Waals surface area contributed by atoms with Crippen molar-refractivity contribution in [3.63, 3.8) is 0 Å². The number of para-hydroxylation sites is 1. The highest BCUT2D eigenvalue weighted by molar-refractivity contribution is 5.97. The van der Waals surface area contributed by atoms with Crippen molar-refractivity contribution in [2.24, 2.45) is 5.92 Å². The van der Waals surface area contributed by atoms with E-state index in [-0.39, 0.29) is 24.4 Å². The summed E-state index contributed by atoms with van der Waals surface area (Å²) in [4.78, 5) is 34.2. The fourth-order valence-electron chi connectivity index (χ4n) is 5.06. The van der Waals surface area contributed by atoms with Gasteiger partial charge >= 0.3 is 0 Å². The number of methoxy groups -OCH3 is 1. The minimum atomic E-state index is -0.484. The fourth-order valence-corrected chi connectivity index (χ4v) is 5.06. The second-order valence-electron chi connectivity index (χ2n) is 9.20. The first-order valence-electron chi connectivity index (χ1n) is 11.3. The van der Waals surface area contributed by atoms with Gasteiger partial charge in [0.2, 0.25) is 11.8 Å². The monoisotopic (exact) mass is 431 g/mol. The number of piperazine rings is 1. The molecular weight excluding hydrogens is 402 g/mol. The number of benzene rings is 2. The Morgan fingerprint density at radius 1 is 1.09 bits per heavy atom. The quantitative estimate of drug-likeness (QED) is 0.666. The summed E-state index contributed by atoms with van der Waals surface area (Å²) in [7, 11) is 1.64. The van der Waals surface area contributed by atoms with Gasteiger partial charge in [-0.1, -0.05) is 44.2 Å². The summed E-state index contributed by atoms with van der Waals surface area (Å²) in [5.41, 5.74) is 4.14. The van der Waals surface area contributed by atoms with Crippen LogP contribution in [0.3, 0.4) is 0 Å². The maximum Gasteiger partial charge on any atom is 0.246 e. The van der Waals surface area contributed by atoms with E-state index in [1.54, 1.807) is 12.0 Å². The van der Waals surface area contributed by atoms with Crippen LogP contribution in [0.4, 0.5) is 0 Å². The third-order valence-corrected chi connectivity index (χ3v) is 6.75. The molecule has 1 N–H and O–H groups in total. The molecule has 3 aromatic rings. The molecule has 0 aliphatic carbocycles. The van der Waals surface area contributed by atoms with Crippen molar-refractivity contribution in [3.05, 3.63) is 65.4 Å². The molecule has 2 atom stereocenters. The summed E-state index contributed by atoms with van der Waals surface area (Å²) in [6.07, 6.45) is 1.43. The lowest BCUT2D eigenvalue weighted by atomic mass is 9.86. The van der Waals surface area contributed by atoms with E-state index >= 15 is 0 Å². The third-order valence-electron chi connectivity index (χ3n) is 6.75. The second-order valence-corrected chi connectivity index (χ2v) is 9.20. The number of H-pyrrole nitrogens is 1. The molecule has 3 heterocycles. The molecule has 2 amide bonds. The zero-order valence-electron chi connectivity index (χ0n) is 18.8. The Morgan fingerprint density at radius 3 is 2.56 bits per heavy atom. The highest BCUT2D eigenvalue weighted by Crippen LogP contribution is 2.42. The van der Waals surface area contributed by atoms with Gasteiger partial charge in [-0.2, -0.15) is 0 Å². The Balaban J connectivity index is 1.62. The molecule has 5 rings (SSSR count). The number of hydrogen-bond acceptors (Lipinski definition) is 3. The van der Waals surface area contributed by atoms with Crippen molar-refractivity contribution >= 4 is 22.7 Å². The van der Waals surface area contributed by atoms with Gasteiger partial charge in [-0.25, -0.2) is 0 Å². The highest BCUT2D eigenvalue weighted by Gasteiger charge is 2.48. The summed E-state index contributed by atoms with van der Waals surface area (Å²) >= 11 is 0. The minimum absolute atomic E-state index is 0.00322. The Kier molecular flexibility index (Phi) is 5.16. The average Bonchev–Trinajstić information content (AvgIpc) is 3.17. The zero-order chi connectivity index (χ0) is 22.4. The molecule has 2 aliphatic rings. The van der Waals surface area contributed by atoms with Crippen LogP contribution < -0.4 is 4.74 Å². The van der Waals surface area contributed by atoms with Crippen LogP contribution in [-0.2, 0) is 16.0 Å². The van der Waals surface area contributed by atoms with Gasteiger partial charge in [0.25, 0.3) is 0 Å². The summed E-state index contributed by atoms with van der Waals surface area (Å²) < 4.78 is 5.33. The number of nitrogens with one attached hydrogen (secondary N) is 1. The van der Waals surface area contributed by atoms with Crippen LogP contribution in [0.1, 0.15) is 43.1 Å². The fraction of sp³-hybridized carbons (Fsp3) is 0.385. The average molecular weight is 432 g/mol. The molecule has 0 spiro atoms. The van der Waals surface area contributed by atoms with Crippen LogP contribution in [0.5, 0.6) is 5.75 Å². The van der Waals surface area contributed by atoms with Crippen LogP contribution in [0.15, 0.2) is 48.5 Å². The molecule has 1 saturated heterocycles. The van der Waals surface area contributed by atoms with Gasteiger partial charge in [-0.15, -0.1) is 0 Å². The van der Waals surface area contributed by atoms with E-state index in [0.29, 0.717) is 18.9 Å². The van der Waals surface area contributed by atoms with Gasteiger partial charge in [-0.3, -0.25) is 9.59 Å². The number of fused-ring (bicyclic) bond motifs is 4. The largest absolute Gasteiger partial charge is 0.497 e. The number of carbonyl (C=O) groups is 2. The molecule has 0 bridgehead atoms. The van der Waals surface area contributed by atoms with Crippen molar-refractivity contribution in [2.45, 2.75) is 38.8 Å². The first-order valence-corrected chi connectivity index (χ1v) is 11.3. The first-order chi connectivity index (χ1) is 15.5. The molecule has 1 fully saturated rings. The number of carbonyl (C=O) groups excluding carboxylic acids is 2. The van der Waals surface area contributed by atoms with E-state index in [1.807, 2.05) is 41.3 Å². The van der Waals surface area contributed by atoms with Gasteiger partial charge in [0.15, 0.2) is 0 Å². The van der Waals surface area contributed by atoms with Gasteiger partial charge in [-0.05, 0) is 41.7 Å². The van der Waals surface area contributed by atoms with Crippen molar-refractivity contribution < 1.29 is 14.3 Å². The molecule has 6 heteroatoms. The molecule has 6 nitrogen and oxygen atoms in total. The smallest absolute Gasteiger partial charge is 0.246 e. The maximum absolute atomic E-state index is 13.6. The number of rotatable bonds is 5. The lowest BCUT2D eigenvalue weighted by Crippen LogP contribution is -2.63. The van der Waals surface area contributed by atoms with Crippen LogP contribution in [0.25, 0.3) is 10.9 Å². The van der Waals surface area contributed by atoms with E-state index in [9.17, 15) is 9.59 Å². The topological polar surface area (TPSA) is 65.6 Å². The van der Waals surface area contributed by atoms with Gasteiger partial charge in [0.05, 0.1) is 19.7 Å². The predicted molar refractivity (Wildman–Crippen MR) is 124 cm³/mol. The van der Waals surface area contributed by atoms with E-state index < -0.39 is 6.04 Å². The lowest BCUT2D eigenvalue weighted by Gasteiger charge is -2.47. The van der Waals surface area contributed by atoms with Crippen molar-refractivity contribution in [3.8, 4) is 5.75 Å². The lowest BCUT2D eigenvalue weighted by molar-refractivity contribution is -0.158. The molecule has 1 unspecified atom stereocenters. The summed E-state index contributed by atoms with van der Waals surface area (Å²) in [5, 5.41) is 1.13. The van der Waals surface area contributed by atoms with Crippen LogP contribution in [-0.4, -0.2) is 52.8 Å². The summed E-state index contributed by atoms with van der Waals surface area (Å²) in [5.74, 6) is 1.30. The molecule has 0 radical (unpaired) electrons. The number of ether oxygens (including phenoxy) is 1. The van der Waals surface area contributed by atoms with E-state index in [4.69, 9.17) is 4.74 Å². The molecule has 2 aliphatic heterocycles. The van der Waals surface area contributed by atoms with Crippen LogP contribution in [0, 0.1) is 5.92 Å². The number of hydrogen-bond donors (Lipinski definition) is 1. The number of amides is 2. The van der Waals surface area contributed by atoms with E-state index in [0.717, 1.165) is 39.9 Å². The standard InChI is InChI=1S/C26H29N3O3/c1-16(2)12-13-28-15-23(30)29-22(26(28)31)14-20-19-6-4-5-7-21(19)27-24(20)25(29)17-8-10-18(32-3)11-9-17/h4-11,16,22,25,27H,12-15H2,1-3H3/t22-,25?/m1/s1. The first kappa shape index (κ1) is 20.6. The minimum Gasteiger partial charge on any atom is -0.497 e. The molecule has 2 aromatic carbocycles. The zero-order valence-corrected chi connectivity index (χ0v) is 18.8. The molecule has 32 heavy (non-hydrogen) atoms. The maximum atomic E-state index is 13.6. The van der Waals surface area contributed by atoms with Gasteiger partial charge in [0.1, 0.15) is 11.8 Å². The highest BCUT2D eigenvalue weighted by atomic mass is 16.5. The Bertz CT molecular complexity index is 1160. The molecule has 0 saturated carbocycles. The number of aromatic nitrogens is 1. The number of nitrogens with zero attached hydrogens (tertiary/aromatic N) is 2. The third kappa shape index (κ3) is 3.34. The Labute approximate surface area is 188 Å². The second kappa shape index (κ2) is 8.01. The van der Waals surface area contributed by atoms with Crippen LogP contribution >= 0.6 is 0 Å². The van der Waals surface area contributed by atoms with Crippen molar-refractivity contribution in [2.75, 3.05) is 20.2 Å². The van der Waals surface area contributed by atoms with Crippen LogP contribution in [0.2, 0.25) is 0 Å². The Morgan fingerprint density at radius 2 is 1.84 bits per heavy atom. The summed E-state index contributed by atoms with van der Waals surface area (Å²) in [6.45, 7) is 5.05. The van der Waals surface area contributed by atoms with Crippen molar-refractivity contribution in [1.29, 1.82) is 0 Å². The van der Waals surface area contributed by atoms with Gasteiger partial charge < -0.3 is 19.5 Å². The summed E-state index contributed by atoms with van der Waals surface area (Å²) in [6, 6.07) is 15.2. The van der Waals surface area contributed by atoms with Gasteiger partial charge in [0, 0.05) is 29.6 Å². The number of aromatic amines is 1.